The third-order valence-electron chi connectivity index (χ3n) is 4.90. The molecule has 0 aliphatic rings. The molecule has 196 valence electrons. The first-order chi connectivity index (χ1) is 17.8. The van der Waals surface area contributed by atoms with Gasteiger partial charge in [0.15, 0.2) is 5.82 Å². The van der Waals surface area contributed by atoms with Crippen molar-refractivity contribution >= 4 is 59.8 Å². The van der Waals surface area contributed by atoms with Gasteiger partial charge in [-0.15, -0.1) is 0 Å². The number of carbonyl (C=O) groups excluding carboxylic acids is 2. The zero-order valence-electron chi connectivity index (χ0n) is 20.6. The van der Waals surface area contributed by atoms with Gasteiger partial charge in [0, 0.05) is 24.6 Å². The number of rotatable bonds is 12. The second-order valence-electron chi connectivity index (χ2n) is 7.51. The number of hydrogen-bond donors (Lipinski definition) is 4. The van der Waals surface area contributed by atoms with E-state index in [0.29, 0.717) is 28.4 Å². The highest BCUT2D eigenvalue weighted by Crippen LogP contribution is 2.47. The normalized spacial score (nSPS) is 12.3. The van der Waals surface area contributed by atoms with Gasteiger partial charge < -0.3 is 25.8 Å². The van der Waals surface area contributed by atoms with E-state index in [2.05, 4.69) is 31.2 Å². The van der Waals surface area contributed by atoms with Crippen LogP contribution in [0.2, 0.25) is 5.02 Å². The predicted molar refractivity (Wildman–Crippen MR) is 144 cm³/mol. The monoisotopic (exact) mass is 546 g/mol. The molecular formula is C24H28ClN6O5P. The Morgan fingerprint density at radius 1 is 1.03 bits per heavy atom. The van der Waals surface area contributed by atoms with Crippen LogP contribution in [-0.2, 0) is 18.4 Å². The summed E-state index contributed by atoms with van der Waals surface area (Å²) in [7, 11) is -1.74. The predicted octanol–water partition coefficient (Wildman–Crippen LogP) is 5.18. The largest absolute Gasteiger partial charge is 0.355 e. The number of aromatic nitrogens is 2. The molecule has 3 rings (SSSR count). The Bertz CT molecular complexity index is 1310. The number of hydrogen-bond acceptors (Lipinski definition) is 9. The van der Waals surface area contributed by atoms with E-state index in [-0.39, 0.29) is 29.6 Å². The summed E-state index contributed by atoms with van der Waals surface area (Å²) < 4.78 is 22.7. The van der Waals surface area contributed by atoms with E-state index >= 15 is 0 Å². The molecule has 0 aliphatic heterocycles. The van der Waals surface area contributed by atoms with E-state index in [1.54, 1.807) is 69.4 Å². The fraction of sp³-hybridized carbons (Fsp3) is 0.250. The number of halogens is 1. The third kappa shape index (κ3) is 7.99. The Morgan fingerprint density at radius 3 is 2.51 bits per heavy atom. The Kier molecular flexibility index (Phi) is 9.99. The lowest BCUT2D eigenvalue weighted by atomic mass is 10.1. The Labute approximate surface area is 219 Å². The van der Waals surface area contributed by atoms with Gasteiger partial charge in [0.2, 0.25) is 5.95 Å². The molecule has 3 aromatic rings. The van der Waals surface area contributed by atoms with Gasteiger partial charge in [-0.1, -0.05) is 36.7 Å². The van der Waals surface area contributed by atoms with E-state index < -0.39 is 20.1 Å². The van der Waals surface area contributed by atoms with Crippen LogP contribution in [0.3, 0.4) is 0 Å². The molecule has 4 N–H and O–H groups in total. The average molecular weight is 547 g/mol. The zero-order chi connectivity index (χ0) is 26.8. The van der Waals surface area contributed by atoms with E-state index in [4.69, 9.17) is 20.6 Å². The van der Waals surface area contributed by atoms with Gasteiger partial charge in [0.05, 0.1) is 24.1 Å². The summed E-state index contributed by atoms with van der Waals surface area (Å²) in [6.07, 6.45) is 1.60. The summed E-state index contributed by atoms with van der Waals surface area (Å²) in [5, 5.41) is 11.7. The summed E-state index contributed by atoms with van der Waals surface area (Å²) in [6.45, 7) is 3.20. The molecule has 0 bridgehead atoms. The van der Waals surface area contributed by atoms with Crippen molar-refractivity contribution in [3.05, 3.63) is 65.3 Å². The number of nitrogens with one attached hydrogen (secondary N) is 4. The zero-order valence-corrected chi connectivity index (χ0v) is 22.2. The summed E-state index contributed by atoms with van der Waals surface area (Å²) in [4.78, 5) is 33.1. The fourth-order valence-electron chi connectivity index (χ4n) is 3.14. The van der Waals surface area contributed by atoms with Crippen molar-refractivity contribution in [2.45, 2.75) is 13.8 Å². The average Bonchev–Trinajstić information content (AvgIpc) is 2.90. The van der Waals surface area contributed by atoms with Crippen LogP contribution >= 0.6 is 19.2 Å². The highest BCUT2D eigenvalue weighted by molar-refractivity contribution is 7.53. The van der Waals surface area contributed by atoms with Crippen LogP contribution in [0, 0.1) is 0 Å². The van der Waals surface area contributed by atoms with Crippen molar-refractivity contribution in [2.75, 3.05) is 42.4 Å². The molecule has 0 saturated carbocycles. The standard InChI is InChI=1S/C24H28ClN6O5P/c1-4-35-37(34,5-2)36-15-21(32)28-16-9-8-10-17(13-16)29-24-27-14-19(25)22(31-24)30-20-12-7-6-11-18(20)23(33)26-3/h6-14H,4-5,15H2,1-3H3,(H,26,33)(H,28,32)(H2,27,29,30,31). The fourth-order valence-corrected chi connectivity index (χ4v) is 4.43. The lowest BCUT2D eigenvalue weighted by Gasteiger charge is -2.16. The maximum atomic E-state index is 12.3. The Balaban J connectivity index is 1.69. The van der Waals surface area contributed by atoms with Crippen molar-refractivity contribution in [1.29, 1.82) is 0 Å². The smallest absolute Gasteiger partial charge is 0.330 e. The van der Waals surface area contributed by atoms with Crippen LogP contribution in [0.1, 0.15) is 24.2 Å². The van der Waals surface area contributed by atoms with Crippen LogP contribution in [0.5, 0.6) is 0 Å². The lowest BCUT2D eigenvalue weighted by Crippen LogP contribution is -2.19. The molecule has 1 heterocycles. The van der Waals surface area contributed by atoms with E-state index in [1.165, 1.54) is 6.20 Å². The molecule has 0 aliphatic carbocycles. The molecule has 0 radical (unpaired) electrons. The number of benzene rings is 2. The number of para-hydroxylation sites is 1. The van der Waals surface area contributed by atoms with Crippen LogP contribution in [0.4, 0.5) is 28.8 Å². The number of nitrogens with zero attached hydrogens (tertiary/aromatic N) is 2. The molecule has 2 amide bonds. The van der Waals surface area contributed by atoms with Gasteiger partial charge in [-0.3, -0.25) is 18.7 Å². The Hall–Kier alpha value is -3.50. The minimum atomic E-state index is -3.29. The number of anilines is 5. The number of amides is 2. The van der Waals surface area contributed by atoms with Gasteiger partial charge in [0.1, 0.15) is 11.6 Å². The first-order valence-electron chi connectivity index (χ1n) is 11.4. The molecule has 13 heteroatoms. The highest BCUT2D eigenvalue weighted by Gasteiger charge is 2.22. The molecule has 1 aromatic heterocycles. The first-order valence-corrected chi connectivity index (χ1v) is 13.5. The molecular weight excluding hydrogens is 519 g/mol. The maximum Gasteiger partial charge on any atom is 0.330 e. The molecule has 0 spiro atoms. The minimum absolute atomic E-state index is 0.169. The van der Waals surface area contributed by atoms with Crippen LogP contribution in [0.25, 0.3) is 0 Å². The van der Waals surface area contributed by atoms with Gasteiger partial charge in [-0.25, -0.2) is 4.98 Å². The van der Waals surface area contributed by atoms with Gasteiger partial charge in [-0.2, -0.15) is 4.98 Å². The number of carbonyl (C=O) groups is 2. The topological polar surface area (TPSA) is 144 Å². The second-order valence-corrected chi connectivity index (χ2v) is 10.3. The van der Waals surface area contributed by atoms with Crippen molar-refractivity contribution in [2.24, 2.45) is 0 Å². The van der Waals surface area contributed by atoms with Crippen molar-refractivity contribution in [3.63, 3.8) is 0 Å². The molecule has 37 heavy (non-hydrogen) atoms. The molecule has 0 fully saturated rings. The molecule has 2 aromatic carbocycles. The summed E-state index contributed by atoms with van der Waals surface area (Å²) in [5.74, 6) is -0.204. The second kappa shape index (κ2) is 13.2. The van der Waals surface area contributed by atoms with Crippen molar-refractivity contribution < 1.29 is 23.2 Å². The first kappa shape index (κ1) is 28.1. The Morgan fingerprint density at radius 2 is 1.78 bits per heavy atom. The summed E-state index contributed by atoms with van der Waals surface area (Å²) in [6, 6.07) is 13.8. The summed E-state index contributed by atoms with van der Waals surface area (Å²) in [5.41, 5.74) is 2.02. The van der Waals surface area contributed by atoms with E-state index in [0.717, 1.165) is 0 Å². The molecule has 11 nitrogen and oxygen atoms in total. The minimum Gasteiger partial charge on any atom is -0.355 e. The summed E-state index contributed by atoms with van der Waals surface area (Å²) >= 11 is 6.29. The highest BCUT2D eigenvalue weighted by atomic mass is 35.5. The SMILES string of the molecule is CCOP(=O)(CC)OCC(=O)Nc1cccc(Nc2ncc(Cl)c(Nc3ccccc3C(=O)NC)n2)c1. The van der Waals surface area contributed by atoms with Crippen molar-refractivity contribution in [1.82, 2.24) is 15.3 Å². The van der Waals surface area contributed by atoms with Crippen LogP contribution < -0.4 is 21.3 Å². The van der Waals surface area contributed by atoms with Crippen molar-refractivity contribution in [3.8, 4) is 0 Å². The van der Waals surface area contributed by atoms with Crippen LogP contribution in [-0.4, -0.2) is 48.2 Å². The molecule has 1 unspecified atom stereocenters. The van der Waals surface area contributed by atoms with Gasteiger partial charge in [0.25, 0.3) is 11.8 Å². The maximum absolute atomic E-state index is 12.3. The van der Waals surface area contributed by atoms with E-state index in [1.807, 2.05) is 0 Å². The third-order valence-corrected chi connectivity index (χ3v) is 7.13. The van der Waals surface area contributed by atoms with Crippen LogP contribution in [0.15, 0.2) is 54.7 Å². The van der Waals surface area contributed by atoms with E-state index in [9.17, 15) is 14.2 Å². The van der Waals surface area contributed by atoms with Gasteiger partial charge >= 0.3 is 7.60 Å². The van der Waals surface area contributed by atoms with Gasteiger partial charge in [-0.05, 0) is 37.3 Å². The molecule has 1 atom stereocenters. The molecule has 0 saturated heterocycles. The quantitative estimate of drug-likeness (QED) is 0.226. The lowest BCUT2D eigenvalue weighted by molar-refractivity contribution is -0.118.